The van der Waals surface area contributed by atoms with Crippen molar-refractivity contribution in [3.05, 3.63) is 29.3 Å². The Hall–Kier alpha value is -2.61. The van der Waals surface area contributed by atoms with Crippen LogP contribution in [0.3, 0.4) is 0 Å². The number of morpholine rings is 1. The van der Waals surface area contributed by atoms with Crippen LogP contribution in [0.25, 0.3) is 0 Å². The number of nitrogens with zero attached hydrogens (tertiary/aromatic N) is 3. The Morgan fingerprint density at radius 1 is 1.19 bits per heavy atom. The van der Waals surface area contributed by atoms with Crippen LogP contribution in [-0.2, 0) is 16.0 Å². The van der Waals surface area contributed by atoms with E-state index in [1.807, 2.05) is 15.9 Å². The van der Waals surface area contributed by atoms with Crippen molar-refractivity contribution in [3.8, 4) is 5.75 Å². The number of rotatable bonds is 5. The second-order valence-electron chi connectivity index (χ2n) is 8.54. The molecule has 0 saturated carbocycles. The number of amides is 2. The molecule has 8 heteroatoms. The Morgan fingerprint density at radius 2 is 2.00 bits per heavy atom. The molecule has 8 nitrogen and oxygen atoms in total. The van der Waals surface area contributed by atoms with Crippen molar-refractivity contribution in [1.82, 2.24) is 9.80 Å². The van der Waals surface area contributed by atoms with Crippen molar-refractivity contribution < 1.29 is 24.2 Å². The number of urea groups is 1. The van der Waals surface area contributed by atoms with Gasteiger partial charge in [0.25, 0.3) is 0 Å². The lowest BCUT2D eigenvalue weighted by atomic mass is 9.78. The zero-order valence-electron chi connectivity index (χ0n) is 18.1. The number of ether oxygens (including phenoxy) is 2. The summed E-state index contributed by atoms with van der Waals surface area (Å²) in [5.41, 5.74) is 3.36. The number of carboxylic acid groups (broad SMARTS) is 1. The molecule has 0 spiro atoms. The van der Waals surface area contributed by atoms with Crippen LogP contribution in [0, 0.1) is 11.8 Å². The fourth-order valence-corrected chi connectivity index (χ4v) is 4.94. The summed E-state index contributed by atoms with van der Waals surface area (Å²) in [6, 6.07) is 6.10. The standard InChI is InChI=1S/C23H31N3O5/c1-30-19-2-3-20-17(12-19)4-6-24-21(20)13-18-15-26(7-5-16(18)14-22(27)28)23(29)25-8-10-31-11-9-25/h2-3,12,16,18H,4-11,13-15H2,1H3,(H,27,28)/t16-,18-/m0/s1. The molecule has 0 aliphatic carbocycles. The van der Waals surface area contributed by atoms with Crippen LogP contribution >= 0.6 is 0 Å². The summed E-state index contributed by atoms with van der Waals surface area (Å²) in [6.45, 7) is 4.26. The first kappa shape index (κ1) is 21.6. The molecule has 31 heavy (non-hydrogen) atoms. The van der Waals surface area contributed by atoms with E-state index in [0.717, 1.165) is 30.0 Å². The Bertz CT molecular complexity index is 850. The molecule has 3 heterocycles. The Morgan fingerprint density at radius 3 is 2.74 bits per heavy atom. The third-order valence-corrected chi connectivity index (χ3v) is 6.64. The highest BCUT2D eigenvalue weighted by Crippen LogP contribution is 2.33. The molecule has 0 radical (unpaired) electrons. The van der Waals surface area contributed by atoms with Crippen molar-refractivity contribution in [1.29, 1.82) is 0 Å². The molecule has 4 rings (SSSR count). The van der Waals surface area contributed by atoms with E-state index in [1.54, 1.807) is 7.11 Å². The van der Waals surface area contributed by atoms with Gasteiger partial charge in [-0.1, -0.05) is 0 Å². The zero-order chi connectivity index (χ0) is 21.8. The maximum atomic E-state index is 13.0. The number of likely N-dealkylation sites (tertiary alicyclic amines) is 1. The van der Waals surface area contributed by atoms with Gasteiger partial charge in [-0.05, 0) is 60.4 Å². The number of benzene rings is 1. The average Bonchev–Trinajstić information content (AvgIpc) is 2.79. The molecule has 0 aromatic heterocycles. The largest absolute Gasteiger partial charge is 0.497 e. The number of methoxy groups -OCH3 is 1. The van der Waals surface area contributed by atoms with Crippen molar-refractivity contribution in [2.75, 3.05) is 53.0 Å². The predicted octanol–water partition coefficient (Wildman–Crippen LogP) is 2.30. The molecule has 1 N–H and O–H groups in total. The van der Waals surface area contributed by atoms with Crippen LogP contribution < -0.4 is 4.74 Å². The van der Waals surface area contributed by atoms with E-state index < -0.39 is 5.97 Å². The van der Waals surface area contributed by atoms with Gasteiger partial charge >= 0.3 is 12.0 Å². The van der Waals surface area contributed by atoms with E-state index in [9.17, 15) is 14.7 Å². The summed E-state index contributed by atoms with van der Waals surface area (Å²) in [5, 5.41) is 9.44. The molecule has 2 saturated heterocycles. The number of hydrogen-bond acceptors (Lipinski definition) is 5. The smallest absolute Gasteiger partial charge is 0.320 e. The molecule has 3 aliphatic heterocycles. The highest BCUT2D eigenvalue weighted by molar-refractivity contribution is 6.03. The fraction of sp³-hybridized carbons (Fsp3) is 0.609. The normalized spacial score (nSPS) is 23.7. The lowest BCUT2D eigenvalue weighted by Gasteiger charge is -2.41. The summed E-state index contributed by atoms with van der Waals surface area (Å²) in [7, 11) is 1.66. The number of fused-ring (bicyclic) bond motifs is 1. The number of carbonyl (C=O) groups excluding carboxylic acids is 1. The van der Waals surface area contributed by atoms with Gasteiger partial charge in [-0.15, -0.1) is 0 Å². The third kappa shape index (κ3) is 5.01. The summed E-state index contributed by atoms with van der Waals surface area (Å²) in [4.78, 5) is 33.0. The zero-order valence-corrected chi connectivity index (χ0v) is 18.1. The minimum atomic E-state index is -0.779. The van der Waals surface area contributed by atoms with Crippen molar-refractivity contribution in [3.63, 3.8) is 0 Å². The molecule has 0 unspecified atom stereocenters. The lowest BCUT2D eigenvalue weighted by Crippen LogP contribution is -2.52. The first-order valence-corrected chi connectivity index (χ1v) is 11.1. The highest BCUT2D eigenvalue weighted by Gasteiger charge is 2.36. The van der Waals surface area contributed by atoms with E-state index in [2.05, 4.69) is 12.1 Å². The van der Waals surface area contributed by atoms with Gasteiger partial charge in [0.05, 0.1) is 20.3 Å². The van der Waals surface area contributed by atoms with E-state index in [-0.39, 0.29) is 24.3 Å². The van der Waals surface area contributed by atoms with E-state index in [0.29, 0.717) is 52.2 Å². The monoisotopic (exact) mass is 429 g/mol. The van der Waals surface area contributed by atoms with Crippen molar-refractivity contribution in [2.45, 2.75) is 25.7 Å². The Balaban J connectivity index is 1.51. The Labute approximate surface area is 182 Å². The number of piperidine rings is 1. The van der Waals surface area contributed by atoms with Crippen molar-refractivity contribution in [2.24, 2.45) is 16.8 Å². The summed E-state index contributed by atoms with van der Waals surface area (Å²) >= 11 is 0. The van der Waals surface area contributed by atoms with E-state index >= 15 is 0 Å². The number of hydrogen-bond donors (Lipinski definition) is 1. The van der Waals surface area contributed by atoms with Gasteiger partial charge in [0.2, 0.25) is 0 Å². The van der Waals surface area contributed by atoms with Crippen LogP contribution in [0.1, 0.15) is 30.4 Å². The van der Waals surface area contributed by atoms with Gasteiger partial charge in [-0.25, -0.2) is 4.79 Å². The number of carboxylic acids is 1. The first-order valence-electron chi connectivity index (χ1n) is 11.1. The van der Waals surface area contributed by atoms with Gasteiger partial charge in [0.15, 0.2) is 0 Å². The molecular weight excluding hydrogens is 398 g/mol. The average molecular weight is 430 g/mol. The quantitative estimate of drug-likeness (QED) is 0.776. The third-order valence-electron chi connectivity index (χ3n) is 6.64. The second-order valence-corrected chi connectivity index (χ2v) is 8.54. The van der Waals surface area contributed by atoms with Crippen molar-refractivity contribution >= 4 is 17.7 Å². The van der Waals surface area contributed by atoms with Gasteiger partial charge < -0.3 is 24.4 Å². The molecule has 2 amide bonds. The van der Waals surface area contributed by atoms with Crippen LogP contribution in [0.4, 0.5) is 4.79 Å². The number of aliphatic carboxylic acids is 1. The van der Waals surface area contributed by atoms with E-state index in [1.165, 1.54) is 5.56 Å². The van der Waals surface area contributed by atoms with Crippen LogP contribution in [-0.4, -0.2) is 85.7 Å². The lowest BCUT2D eigenvalue weighted by molar-refractivity contribution is -0.139. The summed E-state index contributed by atoms with van der Waals surface area (Å²) < 4.78 is 10.7. The number of carbonyl (C=O) groups is 2. The molecule has 0 bridgehead atoms. The summed E-state index contributed by atoms with van der Waals surface area (Å²) in [5.74, 6) is 0.168. The van der Waals surface area contributed by atoms with Gasteiger partial charge in [0, 0.05) is 44.9 Å². The van der Waals surface area contributed by atoms with E-state index in [4.69, 9.17) is 14.5 Å². The molecule has 1 aromatic rings. The minimum Gasteiger partial charge on any atom is -0.497 e. The van der Waals surface area contributed by atoms with Gasteiger partial charge in [-0.2, -0.15) is 0 Å². The molecule has 2 fully saturated rings. The molecule has 168 valence electrons. The summed E-state index contributed by atoms with van der Waals surface area (Å²) in [6.07, 6.45) is 2.40. The number of aliphatic imine (C=N–C) groups is 1. The minimum absolute atomic E-state index is 0.0394. The second kappa shape index (κ2) is 9.68. The highest BCUT2D eigenvalue weighted by atomic mass is 16.5. The Kier molecular flexibility index (Phi) is 6.75. The predicted molar refractivity (Wildman–Crippen MR) is 116 cm³/mol. The maximum absolute atomic E-state index is 13.0. The van der Waals surface area contributed by atoms with Crippen LogP contribution in [0.5, 0.6) is 5.75 Å². The maximum Gasteiger partial charge on any atom is 0.320 e. The first-order chi connectivity index (χ1) is 15.0. The van der Waals surface area contributed by atoms with Crippen LogP contribution in [0.15, 0.2) is 23.2 Å². The molecule has 2 atom stereocenters. The molecular formula is C23H31N3O5. The molecule has 1 aromatic carbocycles. The molecule has 3 aliphatic rings. The SMILES string of the molecule is COc1ccc2c(c1)CCN=C2C[C@H]1CN(C(=O)N2CCOCC2)CC[C@H]1CC(=O)O. The topological polar surface area (TPSA) is 91.7 Å². The van der Waals surface area contributed by atoms with Crippen LogP contribution in [0.2, 0.25) is 0 Å². The van der Waals surface area contributed by atoms with Gasteiger partial charge in [-0.3, -0.25) is 9.79 Å². The van der Waals surface area contributed by atoms with Gasteiger partial charge in [0.1, 0.15) is 5.75 Å². The fourth-order valence-electron chi connectivity index (χ4n) is 4.94.